The Hall–Kier alpha value is -1.61. The van der Waals surface area contributed by atoms with Gasteiger partial charge in [-0.3, -0.25) is 14.5 Å². The molecule has 1 saturated heterocycles. The third-order valence-corrected chi connectivity index (χ3v) is 3.59. The summed E-state index contributed by atoms with van der Waals surface area (Å²) in [6, 6.07) is 2.02. The molecule has 1 aliphatic rings. The molecule has 1 N–H and O–H groups in total. The Morgan fingerprint density at radius 2 is 2.26 bits per heavy atom. The lowest BCUT2D eigenvalue weighted by Crippen LogP contribution is -2.62. The predicted molar refractivity (Wildman–Crippen MR) is 71.1 cm³/mol. The van der Waals surface area contributed by atoms with Crippen molar-refractivity contribution in [3.8, 4) is 6.07 Å². The van der Waals surface area contributed by atoms with Crippen LogP contribution in [0.5, 0.6) is 0 Å². The van der Waals surface area contributed by atoms with Crippen molar-refractivity contribution >= 4 is 11.8 Å². The monoisotopic (exact) mass is 266 g/mol. The van der Waals surface area contributed by atoms with Crippen molar-refractivity contribution in [2.24, 2.45) is 0 Å². The third kappa shape index (κ3) is 3.93. The summed E-state index contributed by atoms with van der Waals surface area (Å²) in [4.78, 5) is 27.2. The SMILES string of the molecule is CN(CCC#N)C(=O)CCN1CCNC(=O)C1(C)C. The lowest BCUT2D eigenvalue weighted by molar-refractivity contribution is -0.137. The van der Waals surface area contributed by atoms with Crippen LogP contribution in [-0.4, -0.2) is 60.4 Å². The zero-order chi connectivity index (χ0) is 14.5. The zero-order valence-electron chi connectivity index (χ0n) is 11.9. The van der Waals surface area contributed by atoms with Gasteiger partial charge in [-0.05, 0) is 13.8 Å². The molecular weight excluding hydrogens is 244 g/mol. The second-order valence-electron chi connectivity index (χ2n) is 5.28. The fraction of sp³-hybridized carbons (Fsp3) is 0.769. The van der Waals surface area contributed by atoms with Gasteiger partial charge in [0.15, 0.2) is 0 Å². The third-order valence-electron chi connectivity index (χ3n) is 3.59. The number of nitriles is 1. The Bertz CT molecular complexity index is 387. The maximum atomic E-state index is 11.9. The summed E-state index contributed by atoms with van der Waals surface area (Å²) in [7, 11) is 1.70. The molecule has 0 atom stereocenters. The second kappa shape index (κ2) is 6.53. The van der Waals surface area contributed by atoms with Crippen molar-refractivity contribution in [1.82, 2.24) is 15.1 Å². The van der Waals surface area contributed by atoms with Crippen molar-refractivity contribution in [2.45, 2.75) is 32.2 Å². The van der Waals surface area contributed by atoms with E-state index in [1.165, 1.54) is 0 Å². The van der Waals surface area contributed by atoms with Gasteiger partial charge in [0, 0.05) is 39.6 Å². The van der Waals surface area contributed by atoms with E-state index in [1.54, 1.807) is 11.9 Å². The predicted octanol–water partition coefficient (Wildman–Crippen LogP) is -0.0410. The molecule has 106 valence electrons. The molecule has 1 heterocycles. The van der Waals surface area contributed by atoms with Crippen molar-refractivity contribution in [1.29, 1.82) is 5.26 Å². The number of nitrogens with one attached hydrogen (secondary N) is 1. The highest BCUT2D eigenvalue weighted by Gasteiger charge is 2.37. The Morgan fingerprint density at radius 3 is 2.89 bits per heavy atom. The molecular formula is C13H22N4O2. The molecule has 6 heteroatoms. The minimum atomic E-state index is -0.566. The van der Waals surface area contributed by atoms with Crippen LogP contribution in [0.2, 0.25) is 0 Å². The first-order chi connectivity index (χ1) is 8.89. The Labute approximate surface area is 114 Å². The van der Waals surface area contributed by atoms with Crippen LogP contribution in [0.1, 0.15) is 26.7 Å². The molecule has 0 unspecified atom stereocenters. The normalized spacial score (nSPS) is 18.5. The molecule has 1 aliphatic heterocycles. The van der Waals surface area contributed by atoms with Crippen LogP contribution in [0, 0.1) is 11.3 Å². The summed E-state index contributed by atoms with van der Waals surface area (Å²) in [6.45, 7) is 6.14. The lowest BCUT2D eigenvalue weighted by atomic mass is 9.98. The van der Waals surface area contributed by atoms with Crippen LogP contribution < -0.4 is 5.32 Å². The largest absolute Gasteiger partial charge is 0.353 e. The first kappa shape index (κ1) is 15.4. The Morgan fingerprint density at radius 1 is 1.58 bits per heavy atom. The van der Waals surface area contributed by atoms with Gasteiger partial charge in [-0.15, -0.1) is 0 Å². The number of hydrogen-bond acceptors (Lipinski definition) is 4. The van der Waals surface area contributed by atoms with Crippen LogP contribution in [0.25, 0.3) is 0 Å². The van der Waals surface area contributed by atoms with Gasteiger partial charge in [0.2, 0.25) is 11.8 Å². The van der Waals surface area contributed by atoms with Gasteiger partial charge in [0.1, 0.15) is 0 Å². The molecule has 0 saturated carbocycles. The van der Waals surface area contributed by atoms with Crippen molar-refractivity contribution < 1.29 is 9.59 Å². The standard InChI is InChI=1S/C13H22N4O2/c1-13(2)12(19)15-7-10-17(13)9-5-11(18)16(3)8-4-6-14/h4-5,7-10H2,1-3H3,(H,15,19). The summed E-state index contributed by atoms with van der Waals surface area (Å²) in [5.41, 5.74) is -0.566. The smallest absolute Gasteiger partial charge is 0.239 e. The number of carbonyl (C=O) groups is 2. The molecule has 0 spiro atoms. The van der Waals surface area contributed by atoms with Gasteiger partial charge in [-0.2, -0.15) is 5.26 Å². The average Bonchev–Trinajstić information content (AvgIpc) is 2.37. The number of hydrogen-bond donors (Lipinski definition) is 1. The van der Waals surface area contributed by atoms with Crippen LogP contribution in [-0.2, 0) is 9.59 Å². The van der Waals surface area contributed by atoms with Crippen molar-refractivity contribution in [3.05, 3.63) is 0 Å². The average molecular weight is 266 g/mol. The molecule has 6 nitrogen and oxygen atoms in total. The van der Waals surface area contributed by atoms with E-state index in [2.05, 4.69) is 5.32 Å². The van der Waals surface area contributed by atoms with E-state index in [0.29, 0.717) is 32.5 Å². The number of piperazine rings is 1. The molecule has 1 fully saturated rings. The van der Waals surface area contributed by atoms with Crippen LogP contribution in [0.15, 0.2) is 0 Å². The van der Waals surface area contributed by atoms with Crippen LogP contribution in [0.4, 0.5) is 0 Å². The molecule has 1 rings (SSSR count). The van der Waals surface area contributed by atoms with Crippen molar-refractivity contribution in [3.63, 3.8) is 0 Å². The molecule has 0 aliphatic carbocycles. The van der Waals surface area contributed by atoms with Gasteiger partial charge >= 0.3 is 0 Å². The highest BCUT2D eigenvalue weighted by atomic mass is 16.2. The molecule has 0 radical (unpaired) electrons. The Kier molecular flexibility index (Phi) is 5.31. The topological polar surface area (TPSA) is 76.4 Å². The summed E-state index contributed by atoms with van der Waals surface area (Å²) >= 11 is 0. The van der Waals surface area contributed by atoms with Gasteiger partial charge < -0.3 is 10.2 Å². The summed E-state index contributed by atoms with van der Waals surface area (Å²) in [5.74, 6) is 0.0149. The molecule has 0 aromatic rings. The van der Waals surface area contributed by atoms with E-state index in [1.807, 2.05) is 24.8 Å². The van der Waals surface area contributed by atoms with E-state index in [4.69, 9.17) is 5.26 Å². The van der Waals surface area contributed by atoms with E-state index in [9.17, 15) is 9.59 Å². The fourth-order valence-corrected chi connectivity index (χ4v) is 2.10. The maximum absolute atomic E-state index is 11.9. The Balaban J connectivity index is 2.45. The van der Waals surface area contributed by atoms with Gasteiger partial charge in [0.05, 0.1) is 18.0 Å². The molecule has 19 heavy (non-hydrogen) atoms. The number of amides is 2. The number of nitrogens with zero attached hydrogens (tertiary/aromatic N) is 3. The van der Waals surface area contributed by atoms with Crippen LogP contribution in [0.3, 0.4) is 0 Å². The summed E-state index contributed by atoms with van der Waals surface area (Å²) < 4.78 is 0. The minimum Gasteiger partial charge on any atom is -0.353 e. The van der Waals surface area contributed by atoms with E-state index in [-0.39, 0.29) is 11.8 Å². The number of rotatable bonds is 5. The summed E-state index contributed by atoms with van der Waals surface area (Å²) in [5, 5.41) is 11.3. The molecule has 0 bridgehead atoms. The molecule has 0 aromatic heterocycles. The van der Waals surface area contributed by atoms with E-state index in [0.717, 1.165) is 6.54 Å². The number of carbonyl (C=O) groups excluding carboxylic acids is 2. The maximum Gasteiger partial charge on any atom is 0.239 e. The minimum absolute atomic E-state index is 0.00374. The van der Waals surface area contributed by atoms with Gasteiger partial charge in [0.25, 0.3) is 0 Å². The molecule has 0 aromatic carbocycles. The molecule has 2 amide bonds. The van der Waals surface area contributed by atoms with E-state index < -0.39 is 5.54 Å². The summed E-state index contributed by atoms with van der Waals surface area (Å²) in [6.07, 6.45) is 0.721. The fourth-order valence-electron chi connectivity index (χ4n) is 2.10. The highest BCUT2D eigenvalue weighted by Crippen LogP contribution is 2.17. The highest BCUT2D eigenvalue weighted by molar-refractivity contribution is 5.86. The van der Waals surface area contributed by atoms with Gasteiger partial charge in [-0.25, -0.2) is 0 Å². The second-order valence-corrected chi connectivity index (χ2v) is 5.28. The van der Waals surface area contributed by atoms with E-state index >= 15 is 0 Å². The first-order valence-electron chi connectivity index (χ1n) is 6.54. The first-order valence-corrected chi connectivity index (χ1v) is 6.54. The zero-order valence-corrected chi connectivity index (χ0v) is 11.9. The van der Waals surface area contributed by atoms with Crippen LogP contribution >= 0.6 is 0 Å². The lowest BCUT2D eigenvalue weighted by Gasteiger charge is -2.41. The quantitative estimate of drug-likeness (QED) is 0.757. The van der Waals surface area contributed by atoms with Crippen molar-refractivity contribution in [2.75, 3.05) is 33.2 Å². The van der Waals surface area contributed by atoms with Gasteiger partial charge in [-0.1, -0.05) is 0 Å².